The zero-order valence-electron chi connectivity index (χ0n) is 10.8. The molecule has 0 aliphatic rings. The third kappa shape index (κ3) is 2.54. The Kier molecular flexibility index (Phi) is 3.67. The van der Waals surface area contributed by atoms with Crippen molar-refractivity contribution in [1.29, 1.82) is 0 Å². The molecule has 0 aliphatic carbocycles. The molecule has 1 aromatic carbocycles. The Morgan fingerprint density at radius 3 is 2.78 bits per heavy atom. The molecule has 0 fully saturated rings. The van der Waals surface area contributed by atoms with Crippen LogP contribution in [0.2, 0.25) is 0 Å². The molecular weight excluding hydrogens is 226 g/mol. The van der Waals surface area contributed by atoms with Crippen LogP contribution in [0.15, 0.2) is 30.3 Å². The van der Waals surface area contributed by atoms with Gasteiger partial charge in [0, 0.05) is 29.9 Å². The van der Waals surface area contributed by atoms with Gasteiger partial charge in [0.1, 0.15) is 0 Å². The zero-order chi connectivity index (χ0) is 13.1. The lowest BCUT2D eigenvalue weighted by Gasteiger charge is -2.13. The van der Waals surface area contributed by atoms with E-state index < -0.39 is 6.10 Å². The molecule has 0 saturated heterocycles. The van der Waals surface area contributed by atoms with Gasteiger partial charge < -0.3 is 10.8 Å². The van der Waals surface area contributed by atoms with Crippen LogP contribution in [-0.2, 0) is 13.0 Å². The van der Waals surface area contributed by atoms with E-state index in [2.05, 4.69) is 5.10 Å². The Bertz CT molecular complexity index is 534. The lowest BCUT2D eigenvalue weighted by molar-refractivity contribution is 0.176. The maximum absolute atomic E-state index is 10.3. The van der Waals surface area contributed by atoms with Crippen molar-refractivity contribution in [3.63, 3.8) is 0 Å². The molecule has 0 bridgehead atoms. The average molecular weight is 245 g/mol. The molecular formula is C14H19N3O. The van der Waals surface area contributed by atoms with E-state index >= 15 is 0 Å². The van der Waals surface area contributed by atoms with Crippen molar-refractivity contribution in [2.24, 2.45) is 0 Å². The molecule has 1 atom stereocenters. The van der Waals surface area contributed by atoms with E-state index in [0.29, 0.717) is 12.1 Å². The maximum Gasteiger partial charge on any atom is 0.0865 e. The maximum atomic E-state index is 10.3. The molecule has 0 radical (unpaired) electrons. The average Bonchev–Trinajstić information content (AvgIpc) is 2.70. The molecule has 1 heterocycles. The normalized spacial score (nSPS) is 12.6. The zero-order valence-corrected chi connectivity index (χ0v) is 10.8. The topological polar surface area (TPSA) is 64.1 Å². The Labute approximate surface area is 107 Å². The summed E-state index contributed by atoms with van der Waals surface area (Å²) in [5, 5.41) is 14.6. The number of aryl methyl sites for hydroxylation is 2. The molecule has 96 valence electrons. The summed E-state index contributed by atoms with van der Waals surface area (Å²) in [6, 6.07) is 9.43. The smallest absolute Gasteiger partial charge is 0.0865 e. The minimum absolute atomic E-state index is 0.531. The number of benzene rings is 1. The summed E-state index contributed by atoms with van der Waals surface area (Å²) in [6.45, 7) is 4.80. The van der Waals surface area contributed by atoms with E-state index in [1.807, 2.05) is 42.8 Å². The van der Waals surface area contributed by atoms with E-state index in [1.54, 1.807) is 6.07 Å². The first-order valence-electron chi connectivity index (χ1n) is 6.17. The summed E-state index contributed by atoms with van der Waals surface area (Å²) < 4.78 is 1.91. The SMILES string of the molecule is CCn1nc(C)cc1CC(O)c1ccccc1N. The van der Waals surface area contributed by atoms with E-state index in [4.69, 9.17) is 5.73 Å². The van der Waals surface area contributed by atoms with Gasteiger partial charge in [-0.2, -0.15) is 5.10 Å². The summed E-state index contributed by atoms with van der Waals surface area (Å²) in [7, 11) is 0. The van der Waals surface area contributed by atoms with Gasteiger partial charge in [-0.1, -0.05) is 18.2 Å². The fourth-order valence-electron chi connectivity index (χ4n) is 2.16. The highest BCUT2D eigenvalue weighted by Gasteiger charge is 2.14. The fraction of sp³-hybridized carbons (Fsp3) is 0.357. The molecule has 4 heteroatoms. The van der Waals surface area contributed by atoms with E-state index in [-0.39, 0.29) is 0 Å². The number of hydrogen-bond acceptors (Lipinski definition) is 3. The van der Waals surface area contributed by atoms with Gasteiger partial charge in [-0.15, -0.1) is 0 Å². The molecule has 0 spiro atoms. The Balaban J connectivity index is 2.21. The number of hydrogen-bond donors (Lipinski definition) is 2. The van der Waals surface area contributed by atoms with Crippen molar-refractivity contribution >= 4 is 5.69 Å². The van der Waals surface area contributed by atoms with Crippen molar-refractivity contribution < 1.29 is 5.11 Å². The number of aromatic nitrogens is 2. The molecule has 1 unspecified atom stereocenters. The largest absolute Gasteiger partial charge is 0.398 e. The Morgan fingerprint density at radius 1 is 1.39 bits per heavy atom. The number of aliphatic hydroxyl groups excluding tert-OH is 1. The number of anilines is 1. The molecule has 0 saturated carbocycles. The van der Waals surface area contributed by atoms with Gasteiger partial charge in [-0.05, 0) is 26.0 Å². The molecule has 0 amide bonds. The molecule has 3 N–H and O–H groups in total. The minimum Gasteiger partial charge on any atom is -0.398 e. The van der Waals surface area contributed by atoms with Gasteiger partial charge >= 0.3 is 0 Å². The number of rotatable bonds is 4. The van der Waals surface area contributed by atoms with Gasteiger partial charge in [0.15, 0.2) is 0 Å². The number of para-hydroxylation sites is 1. The number of nitrogens with zero attached hydrogens (tertiary/aromatic N) is 2. The van der Waals surface area contributed by atoms with Crippen molar-refractivity contribution in [3.8, 4) is 0 Å². The fourth-order valence-corrected chi connectivity index (χ4v) is 2.16. The van der Waals surface area contributed by atoms with Crippen LogP contribution in [0, 0.1) is 6.92 Å². The number of nitrogen functional groups attached to an aromatic ring is 1. The van der Waals surface area contributed by atoms with Crippen molar-refractivity contribution in [1.82, 2.24) is 9.78 Å². The summed E-state index contributed by atoms with van der Waals surface area (Å²) in [5.74, 6) is 0. The third-order valence-corrected chi connectivity index (χ3v) is 3.04. The minimum atomic E-state index is -0.590. The molecule has 18 heavy (non-hydrogen) atoms. The van der Waals surface area contributed by atoms with Crippen LogP contribution in [0.4, 0.5) is 5.69 Å². The van der Waals surface area contributed by atoms with E-state index in [9.17, 15) is 5.11 Å². The van der Waals surface area contributed by atoms with Crippen LogP contribution in [-0.4, -0.2) is 14.9 Å². The predicted octanol–water partition coefficient (Wildman–Crippen LogP) is 2.07. The molecule has 4 nitrogen and oxygen atoms in total. The highest BCUT2D eigenvalue weighted by atomic mass is 16.3. The summed E-state index contributed by atoms with van der Waals surface area (Å²) in [6.07, 6.45) is -0.0595. The molecule has 2 aromatic rings. The second-order valence-corrected chi connectivity index (χ2v) is 4.44. The van der Waals surface area contributed by atoms with Gasteiger partial charge in [-0.3, -0.25) is 4.68 Å². The van der Waals surface area contributed by atoms with Crippen molar-refractivity contribution in [2.45, 2.75) is 32.9 Å². The summed E-state index contributed by atoms with van der Waals surface area (Å²) in [5.41, 5.74) is 9.28. The van der Waals surface area contributed by atoms with Crippen LogP contribution >= 0.6 is 0 Å². The predicted molar refractivity (Wildman–Crippen MR) is 72.2 cm³/mol. The number of aliphatic hydroxyl groups is 1. The number of nitrogens with two attached hydrogens (primary N) is 1. The highest BCUT2D eigenvalue weighted by Crippen LogP contribution is 2.23. The van der Waals surface area contributed by atoms with Crippen LogP contribution < -0.4 is 5.73 Å². The monoisotopic (exact) mass is 245 g/mol. The first-order valence-corrected chi connectivity index (χ1v) is 6.17. The van der Waals surface area contributed by atoms with Crippen LogP contribution in [0.3, 0.4) is 0 Å². The second-order valence-electron chi connectivity index (χ2n) is 4.44. The van der Waals surface area contributed by atoms with Gasteiger partial charge in [0.25, 0.3) is 0 Å². The van der Waals surface area contributed by atoms with Gasteiger partial charge in [-0.25, -0.2) is 0 Å². The highest BCUT2D eigenvalue weighted by molar-refractivity contribution is 5.47. The van der Waals surface area contributed by atoms with Crippen molar-refractivity contribution in [3.05, 3.63) is 47.3 Å². The molecule has 1 aromatic heterocycles. The third-order valence-electron chi connectivity index (χ3n) is 3.04. The summed E-state index contributed by atoms with van der Waals surface area (Å²) in [4.78, 5) is 0. The second kappa shape index (κ2) is 5.23. The lowest BCUT2D eigenvalue weighted by atomic mass is 10.0. The van der Waals surface area contributed by atoms with E-state index in [1.165, 1.54) is 0 Å². The Morgan fingerprint density at radius 2 is 2.11 bits per heavy atom. The van der Waals surface area contributed by atoms with Crippen molar-refractivity contribution in [2.75, 3.05) is 5.73 Å². The van der Waals surface area contributed by atoms with Gasteiger partial charge in [0.2, 0.25) is 0 Å². The quantitative estimate of drug-likeness (QED) is 0.810. The first kappa shape index (κ1) is 12.6. The first-order chi connectivity index (χ1) is 8.61. The van der Waals surface area contributed by atoms with Crippen LogP contribution in [0.5, 0.6) is 0 Å². The van der Waals surface area contributed by atoms with Crippen LogP contribution in [0.1, 0.15) is 30.0 Å². The van der Waals surface area contributed by atoms with E-state index in [0.717, 1.165) is 23.5 Å². The summed E-state index contributed by atoms with van der Waals surface area (Å²) >= 11 is 0. The standard InChI is InChI=1S/C14H19N3O/c1-3-17-11(8-10(2)16-17)9-14(18)12-6-4-5-7-13(12)15/h4-8,14,18H,3,9,15H2,1-2H3. The van der Waals surface area contributed by atoms with Gasteiger partial charge in [0.05, 0.1) is 11.8 Å². The molecule has 0 aliphatic heterocycles. The Hall–Kier alpha value is -1.81. The molecule has 2 rings (SSSR count). The van der Waals surface area contributed by atoms with Crippen LogP contribution in [0.25, 0.3) is 0 Å². The lowest BCUT2D eigenvalue weighted by Crippen LogP contribution is -2.09.